The molecule has 2 rings (SSSR count). The minimum Gasteiger partial charge on any atom is -0.302 e. The van der Waals surface area contributed by atoms with E-state index in [4.69, 9.17) is 11.6 Å². The fourth-order valence-electron chi connectivity index (χ4n) is 1.56. The number of hydrogen-bond donors (Lipinski definition) is 0. The summed E-state index contributed by atoms with van der Waals surface area (Å²) in [6.07, 6.45) is 0. The van der Waals surface area contributed by atoms with Gasteiger partial charge in [-0.05, 0) is 12.5 Å². The van der Waals surface area contributed by atoms with E-state index in [0.717, 1.165) is 17.5 Å². The normalized spacial score (nSPS) is 10.6. The maximum atomic E-state index is 5.77. The standard InChI is InChI=1S/C13H14ClN3S/c1-10(14)9-18-13-16-15-11(2)17(13)8-12-6-4-3-5-7-12/h3-7H,1,8-9H2,2H3. The molecule has 0 N–H and O–H groups in total. The second-order valence-corrected chi connectivity index (χ2v) is 5.38. The van der Waals surface area contributed by atoms with E-state index in [-0.39, 0.29) is 0 Å². The number of aromatic nitrogens is 3. The Hall–Kier alpha value is -1.26. The number of benzene rings is 1. The van der Waals surface area contributed by atoms with Gasteiger partial charge in [0.05, 0.1) is 6.54 Å². The van der Waals surface area contributed by atoms with E-state index >= 15 is 0 Å². The molecule has 0 atom stereocenters. The first-order chi connectivity index (χ1) is 8.66. The third kappa shape index (κ3) is 3.37. The second-order valence-electron chi connectivity index (χ2n) is 3.91. The Labute approximate surface area is 116 Å². The summed E-state index contributed by atoms with van der Waals surface area (Å²) >= 11 is 7.33. The lowest BCUT2D eigenvalue weighted by molar-refractivity contribution is 0.688. The van der Waals surface area contributed by atoms with Crippen LogP contribution >= 0.6 is 23.4 Å². The van der Waals surface area contributed by atoms with Gasteiger partial charge in [-0.2, -0.15) is 0 Å². The number of thioether (sulfide) groups is 1. The minimum absolute atomic E-state index is 0.618. The lowest BCUT2D eigenvalue weighted by Gasteiger charge is -2.08. The zero-order valence-corrected chi connectivity index (χ0v) is 11.7. The molecule has 2 aromatic rings. The van der Waals surface area contributed by atoms with Crippen molar-refractivity contribution < 1.29 is 0 Å². The van der Waals surface area contributed by atoms with Gasteiger partial charge < -0.3 is 4.57 Å². The predicted molar refractivity (Wildman–Crippen MR) is 76.0 cm³/mol. The van der Waals surface area contributed by atoms with Crippen molar-refractivity contribution in [2.45, 2.75) is 18.6 Å². The van der Waals surface area contributed by atoms with E-state index in [1.165, 1.54) is 5.56 Å². The first-order valence-corrected chi connectivity index (χ1v) is 6.93. The van der Waals surface area contributed by atoms with Crippen LogP contribution in [-0.4, -0.2) is 20.5 Å². The summed E-state index contributed by atoms with van der Waals surface area (Å²) in [7, 11) is 0. The molecular weight excluding hydrogens is 266 g/mol. The number of aryl methyl sites for hydroxylation is 1. The summed E-state index contributed by atoms with van der Waals surface area (Å²) in [5, 5.41) is 9.76. The maximum Gasteiger partial charge on any atom is 0.191 e. The first kappa shape index (κ1) is 13.2. The summed E-state index contributed by atoms with van der Waals surface area (Å²) in [5.74, 6) is 1.55. The second kappa shape index (κ2) is 6.07. The minimum atomic E-state index is 0.618. The van der Waals surface area contributed by atoms with Crippen molar-refractivity contribution in [3.63, 3.8) is 0 Å². The number of halogens is 1. The Kier molecular flexibility index (Phi) is 4.44. The lowest BCUT2D eigenvalue weighted by atomic mass is 10.2. The molecule has 0 spiro atoms. The van der Waals surface area contributed by atoms with Crippen LogP contribution in [0.1, 0.15) is 11.4 Å². The van der Waals surface area contributed by atoms with Crippen LogP contribution in [0.2, 0.25) is 0 Å². The van der Waals surface area contributed by atoms with E-state index in [9.17, 15) is 0 Å². The van der Waals surface area contributed by atoms with Crippen LogP contribution in [0, 0.1) is 6.92 Å². The monoisotopic (exact) mass is 279 g/mol. The largest absolute Gasteiger partial charge is 0.302 e. The van der Waals surface area contributed by atoms with E-state index in [0.29, 0.717) is 10.8 Å². The van der Waals surface area contributed by atoms with E-state index in [2.05, 4.69) is 33.5 Å². The molecule has 18 heavy (non-hydrogen) atoms. The van der Waals surface area contributed by atoms with Crippen LogP contribution in [0.3, 0.4) is 0 Å². The van der Waals surface area contributed by atoms with Gasteiger partial charge in [-0.15, -0.1) is 10.2 Å². The third-order valence-corrected chi connectivity index (χ3v) is 3.79. The molecule has 0 aliphatic rings. The van der Waals surface area contributed by atoms with E-state index in [1.807, 2.05) is 25.1 Å². The van der Waals surface area contributed by atoms with Crippen molar-refractivity contribution in [3.8, 4) is 0 Å². The Balaban J connectivity index is 2.16. The lowest BCUT2D eigenvalue weighted by Crippen LogP contribution is -2.04. The molecule has 0 unspecified atom stereocenters. The predicted octanol–water partition coefficient (Wildman–Crippen LogP) is 3.48. The van der Waals surface area contributed by atoms with Crippen LogP contribution in [0.25, 0.3) is 0 Å². The summed E-state index contributed by atoms with van der Waals surface area (Å²) in [4.78, 5) is 0. The van der Waals surface area contributed by atoms with Gasteiger partial charge in [0.2, 0.25) is 0 Å². The number of hydrogen-bond acceptors (Lipinski definition) is 3. The molecule has 0 amide bonds. The Morgan fingerprint density at radius 2 is 2.06 bits per heavy atom. The summed E-state index contributed by atoms with van der Waals surface area (Å²) in [6.45, 7) is 6.41. The zero-order valence-electron chi connectivity index (χ0n) is 10.1. The molecule has 0 fully saturated rings. The molecule has 0 saturated carbocycles. The quantitative estimate of drug-likeness (QED) is 0.785. The van der Waals surface area contributed by atoms with Crippen LogP contribution in [0.5, 0.6) is 0 Å². The number of nitrogens with zero attached hydrogens (tertiary/aromatic N) is 3. The van der Waals surface area contributed by atoms with Crippen LogP contribution in [0.4, 0.5) is 0 Å². The molecule has 1 heterocycles. The molecule has 1 aromatic heterocycles. The fraction of sp³-hybridized carbons (Fsp3) is 0.231. The topological polar surface area (TPSA) is 30.7 Å². The van der Waals surface area contributed by atoms with E-state index in [1.54, 1.807) is 11.8 Å². The maximum absolute atomic E-state index is 5.77. The van der Waals surface area contributed by atoms with Gasteiger partial charge in [-0.1, -0.05) is 60.3 Å². The Morgan fingerprint density at radius 1 is 1.33 bits per heavy atom. The molecule has 0 aliphatic carbocycles. The van der Waals surface area contributed by atoms with Crippen LogP contribution in [0.15, 0.2) is 47.1 Å². The molecule has 5 heteroatoms. The molecule has 0 aliphatic heterocycles. The van der Waals surface area contributed by atoms with Crippen molar-refractivity contribution in [1.29, 1.82) is 0 Å². The molecule has 3 nitrogen and oxygen atoms in total. The fourth-order valence-corrected chi connectivity index (χ4v) is 2.46. The Bertz CT molecular complexity index is 536. The van der Waals surface area contributed by atoms with Crippen molar-refractivity contribution in [2.24, 2.45) is 0 Å². The zero-order chi connectivity index (χ0) is 13.0. The van der Waals surface area contributed by atoms with Gasteiger partial charge in [0.25, 0.3) is 0 Å². The molecule has 0 radical (unpaired) electrons. The molecule has 94 valence electrons. The molecule has 0 bridgehead atoms. The highest BCUT2D eigenvalue weighted by molar-refractivity contribution is 7.99. The first-order valence-electron chi connectivity index (χ1n) is 5.56. The van der Waals surface area contributed by atoms with Crippen molar-refractivity contribution in [2.75, 3.05) is 5.75 Å². The molecule has 1 aromatic carbocycles. The molecule has 0 saturated heterocycles. The highest BCUT2D eigenvalue weighted by Crippen LogP contribution is 2.21. The van der Waals surface area contributed by atoms with Gasteiger partial charge in [-0.25, -0.2) is 0 Å². The molecular formula is C13H14ClN3S. The SMILES string of the molecule is C=C(Cl)CSc1nnc(C)n1Cc1ccccc1. The van der Waals surface area contributed by atoms with Crippen molar-refractivity contribution in [3.05, 3.63) is 53.3 Å². The highest BCUT2D eigenvalue weighted by atomic mass is 35.5. The summed E-state index contributed by atoms with van der Waals surface area (Å²) in [5.41, 5.74) is 1.23. The number of rotatable bonds is 5. The van der Waals surface area contributed by atoms with Crippen molar-refractivity contribution >= 4 is 23.4 Å². The average Bonchev–Trinajstić information content (AvgIpc) is 2.70. The Morgan fingerprint density at radius 3 is 2.72 bits per heavy atom. The van der Waals surface area contributed by atoms with Crippen LogP contribution in [-0.2, 0) is 6.54 Å². The smallest absolute Gasteiger partial charge is 0.191 e. The van der Waals surface area contributed by atoms with Gasteiger partial charge in [-0.3, -0.25) is 0 Å². The summed E-state index contributed by atoms with van der Waals surface area (Å²) < 4.78 is 2.08. The van der Waals surface area contributed by atoms with Crippen LogP contribution < -0.4 is 0 Å². The van der Waals surface area contributed by atoms with Gasteiger partial charge in [0.1, 0.15) is 5.82 Å². The van der Waals surface area contributed by atoms with E-state index < -0.39 is 0 Å². The highest BCUT2D eigenvalue weighted by Gasteiger charge is 2.09. The van der Waals surface area contributed by atoms with Gasteiger partial charge in [0, 0.05) is 10.8 Å². The third-order valence-electron chi connectivity index (χ3n) is 2.44. The van der Waals surface area contributed by atoms with Gasteiger partial charge in [0.15, 0.2) is 5.16 Å². The van der Waals surface area contributed by atoms with Gasteiger partial charge >= 0.3 is 0 Å². The average molecular weight is 280 g/mol. The van der Waals surface area contributed by atoms with Crippen molar-refractivity contribution in [1.82, 2.24) is 14.8 Å². The summed E-state index contributed by atoms with van der Waals surface area (Å²) in [6, 6.07) is 10.3.